The number of aromatic nitrogens is 1. The van der Waals surface area contributed by atoms with Gasteiger partial charge in [0.1, 0.15) is 5.75 Å². The van der Waals surface area contributed by atoms with E-state index in [1.54, 1.807) is 0 Å². The number of carbonyl (C=O) groups excluding carboxylic acids is 1. The van der Waals surface area contributed by atoms with Gasteiger partial charge >= 0.3 is 0 Å². The number of benzene rings is 3. The van der Waals surface area contributed by atoms with Crippen LogP contribution in [0.1, 0.15) is 106 Å². The van der Waals surface area contributed by atoms with Crippen LogP contribution in [0.5, 0.6) is 11.5 Å². The van der Waals surface area contributed by atoms with E-state index in [0.717, 1.165) is 72.1 Å². The van der Waals surface area contributed by atoms with Gasteiger partial charge in [-0.3, -0.25) is 9.78 Å². The van der Waals surface area contributed by atoms with Gasteiger partial charge in [0.15, 0.2) is 5.78 Å². The van der Waals surface area contributed by atoms with Gasteiger partial charge in [0.05, 0.1) is 11.5 Å². The van der Waals surface area contributed by atoms with E-state index in [2.05, 4.69) is 90.1 Å². The molecule has 0 saturated carbocycles. The van der Waals surface area contributed by atoms with E-state index >= 15 is 0 Å². The van der Waals surface area contributed by atoms with Crippen molar-refractivity contribution in [1.82, 2.24) is 4.98 Å². The number of rotatable bonds is 9. The standard InChI is InChI=1S/C29H30NO.C13H24O2.Ir/c1-28(2,3)16-18-13-20-11-12-30-26-22-15-19-9-7-8-10-21(19)23(17-29(4,5)6)27(22)31-24(14-18)25(20)26;1-5-10(6-2)12(14)9-13(15)11(7-3)8-4;/h7-14H,16-17H2,1-6H3;9-11,14H,5-8H2,1-4H3;/q-1;;/b;12-9-;. The smallest absolute Gasteiger partial charge is 0.162 e. The monoisotopic (exact) mass is 813 g/mol. The number of aliphatic hydroxyl groups is 1. The maximum absolute atomic E-state index is 11.7. The minimum absolute atomic E-state index is 0. The molecular formula is C42H54IrNO3-. The Balaban J connectivity index is 0.000000322. The Kier molecular flexibility index (Phi) is 13.0. The summed E-state index contributed by atoms with van der Waals surface area (Å²) < 4.78 is 6.72. The molecule has 5 heteroatoms. The fourth-order valence-electron chi connectivity index (χ4n) is 6.52. The molecule has 0 aliphatic carbocycles. The number of fused-ring (bicyclic) bond motifs is 3. The molecule has 1 aliphatic rings. The molecule has 0 atom stereocenters. The molecule has 2 heterocycles. The van der Waals surface area contributed by atoms with Crippen molar-refractivity contribution in [2.24, 2.45) is 22.7 Å². The zero-order chi connectivity index (χ0) is 33.8. The Morgan fingerprint density at radius 2 is 1.51 bits per heavy atom. The molecule has 0 bridgehead atoms. The summed E-state index contributed by atoms with van der Waals surface area (Å²) >= 11 is 0. The fourth-order valence-corrected chi connectivity index (χ4v) is 6.52. The number of hydrogen-bond acceptors (Lipinski definition) is 4. The molecule has 0 unspecified atom stereocenters. The van der Waals surface area contributed by atoms with Crippen LogP contribution in [0, 0.1) is 28.7 Å². The zero-order valence-corrected chi connectivity index (χ0v) is 32.5. The van der Waals surface area contributed by atoms with E-state index in [0.29, 0.717) is 0 Å². The van der Waals surface area contributed by atoms with Gasteiger partial charge in [-0.2, -0.15) is 0 Å². The fraction of sp³-hybridized carbons (Fsp3) is 0.476. The van der Waals surface area contributed by atoms with Crippen LogP contribution in [0.4, 0.5) is 0 Å². The number of allylic oxidation sites excluding steroid dienone is 2. The number of hydrogen-bond donors (Lipinski definition) is 1. The molecule has 0 fully saturated rings. The number of ether oxygens (including phenoxy) is 1. The largest absolute Gasteiger partial charge is 0.512 e. The normalized spacial score (nSPS) is 12.8. The predicted molar refractivity (Wildman–Crippen MR) is 194 cm³/mol. The van der Waals surface area contributed by atoms with Crippen molar-refractivity contribution in [3.8, 4) is 22.8 Å². The Labute approximate surface area is 296 Å². The van der Waals surface area contributed by atoms with Crippen LogP contribution in [0.2, 0.25) is 0 Å². The first kappa shape index (κ1) is 38.4. The molecule has 1 radical (unpaired) electrons. The summed E-state index contributed by atoms with van der Waals surface area (Å²) in [6.45, 7) is 21.7. The van der Waals surface area contributed by atoms with Gasteiger partial charge in [-0.25, -0.2) is 0 Å². The molecule has 1 N–H and O–H groups in total. The van der Waals surface area contributed by atoms with Gasteiger partial charge < -0.3 is 9.84 Å². The molecule has 0 amide bonds. The van der Waals surface area contributed by atoms with Crippen molar-refractivity contribution in [2.75, 3.05) is 0 Å². The molecule has 1 aliphatic heterocycles. The summed E-state index contributed by atoms with van der Waals surface area (Å²) in [5.74, 6) is 2.39. The Hall–Kier alpha value is -3.01. The minimum Gasteiger partial charge on any atom is -0.512 e. The third-order valence-electron chi connectivity index (χ3n) is 8.87. The first-order chi connectivity index (χ1) is 21.7. The predicted octanol–water partition coefficient (Wildman–Crippen LogP) is 12.0. The summed E-state index contributed by atoms with van der Waals surface area (Å²) in [6, 6.07) is 18.8. The molecule has 255 valence electrons. The van der Waals surface area contributed by atoms with Gasteiger partial charge in [0.2, 0.25) is 0 Å². The molecular weight excluding hydrogens is 759 g/mol. The van der Waals surface area contributed by atoms with Gasteiger partial charge in [-0.05, 0) is 72.4 Å². The van der Waals surface area contributed by atoms with E-state index < -0.39 is 0 Å². The van der Waals surface area contributed by atoms with Gasteiger partial charge in [0.25, 0.3) is 0 Å². The van der Waals surface area contributed by atoms with Crippen LogP contribution in [-0.4, -0.2) is 15.9 Å². The molecule has 0 saturated heterocycles. The first-order valence-electron chi connectivity index (χ1n) is 17.2. The molecule has 4 nitrogen and oxygen atoms in total. The van der Waals surface area contributed by atoms with Gasteiger partial charge in [-0.15, -0.1) is 17.5 Å². The second-order valence-corrected chi connectivity index (χ2v) is 15.3. The third kappa shape index (κ3) is 9.33. The quantitative estimate of drug-likeness (QED) is 0.0915. The van der Waals surface area contributed by atoms with Crippen molar-refractivity contribution in [3.05, 3.63) is 77.7 Å². The number of carbonyl (C=O) groups is 1. The summed E-state index contributed by atoms with van der Waals surface area (Å²) in [5, 5.41) is 14.4. The summed E-state index contributed by atoms with van der Waals surface area (Å²) in [7, 11) is 0. The molecule has 5 rings (SSSR count). The van der Waals surface area contributed by atoms with Crippen molar-refractivity contribution in [1.29, 1.82) is 0 Å². The summed E-state index contributed by atoms with van der Waals surface area (Å²) in [4.78, 5) is 16.5. The Morgan fingerprint density at radius 1 is 0.894 bits per heavy atom. The third-order valence-corrected chi connectivity index (χ3v) is 8.87. The SMILES string of the molecule is CC(C)(C)Cc1cc2c3c(nccc3c1)-c1[c-]c3ccccc3c(CC(C)(C)C)c1O2.CCC(CC)C(=O)/C=C(\O)C(CC)CC.[Ir]. The van der Waals surface area contributed by atoms with Crippen molar-refractivity contribution < 1.29 is 34.7 Å². The van der Waals surface area contributed by atoms with Gasteiger partial charge in [0, 0.05) is 55.3 Å². The van der Waals surface area contributed by atoms with E-state index in [1.807, 2.05) is 33.9 Å². The van der Waals surface area contributed by atoms with Crippen LogP contribution in [-0.2, 0) is 37.7 Å². The maximum Gasteiger partial charge on any atom is 0.162 e. The maximum atomic E-state index is 11.7. The van der Waals surface area contributed by atoms with Crippen LogP contribution >= 0.6 is 0 Å². The molecule has 4 aromatic rings. The number of nitrogens with zero attached hydrogens (tertiary/aromatic N) is 1. The van der Waals surface area contributed by atoms with Crippen molar-refractivity contribution >= 4 is 27.3 Å². The second kappa shape index (κ2) is 15.9. The van der Waals surface area contributed by atoms with E-state index in [4.69, 9.17) is 9.72 Å². The summed E-state index contributed by atoms with van der Waals surface area (Å²) in [5.41, 5.74) is 4.87. The van der Waals surface area contributed by atoms with Crippen LogP contribution < -0.4 is 4.74 Å². The second-order valence-electron chi connectivity index (χ2n) is 15.3. The van der Waals surface area contributed by atoms with Crippen LogP contribution in [0.15, 0.2) is 60.5 Å². The average molecular weight is 813 g/mol. The Bertz CT molecular complexity index is 1720. The number of ketones is 1. The first-order valence-corrected chi connectivity index (χ1v) is 17.2. The number of pyridine rings is 1. The molecule has 3 aromatic carbocycles. The number of aliphatic hydroxyl groups excluding tert-OH is 1. The van der Waals surface area contributed by atoms with Gasteiger partial charge in [-0.1, -0.05) is 110 Å². The van der Waals surface area contributed by atoms with Crippen molar-refractivity contribution in [2.45, 2.75) is 108 Å². The van der Waals surface area contributed by atoms with E-state index in [9.17, 15) is 9.90 Å². The van der Waals surface area contributed by atoms with E-state index in [1.165, 1.54) is 28.0 Å². The molecule has 1 aromatic heterocycles. The molecule has 47 heavy (non-hydrogen) atoms. The average Bonchev–Trinajstić information content (AvgIpc) is 2.97. The summed E-state index contributed by atoms with van der Waals surface area (Å²) in [6.07, 6.45) is 8.76. The molecule has 0 spiro atoms. The van der Waals surface area contributed by atoms with Crippen molar-refractivity contribution in [3.63, 3.8) is 0 Å². The van der Waals surface area contributed by atoms with E-state index in [-0.39, 0.29) is 54.3 Å². The van der Waals surface area contributed by atoms with Crippen LogP contribution in [0.3, 0.4) is 0 Å². The topological polar surface area (TPSA) is 59.4 Å². The minimum atomic E-state index is 0. The van der Waals surface area contributed by atoms with Crippen LogP contribution in [0.25, 0.3) is 32.8 Å². The zero-order valence-electron chi connectivity index (χ0n) is 30.1. The Morgan fingerprint density at radius 3 is 2.11 bits per heavy atom.